The highest BCUT2D eigenvalue weighted by molar-refractivity contribution is 14.1. The van der Waals surface area contributed by atoms with Gasteiger partial charge in [0.15, 0.2) is 6.61 Å². The largest absolute Gasteiger partial charge is 0.484 e. The van der Waals surface area contributed by atoms with Gasteiger partial charge in [-0.25, -0.2) is 9.69 Å². The van der Waals surface area contributed by atoms with Crippen LogP contribution in [0.4, 0.5) is 10.5 Å². The Morgan fingerprint density at radius 1 is 1.00 bits per heavy atom. The minimum absolute atomic E-state index is 0.0546. The normalized spacial score (nSPS) is 18.0. The molecule has 2 heterocycles. The van der Waals surface area contributed by atoms with Crippen LogP contribution in [0.25, 0.3) is 0 Å². The van der Waals surface area contributed by atoms with Crippen molar-refractivity contribution in [2.24, 2.45) is 0 Å². The number of rotatable bonds is 9. The van der Waals surface area contributed by atoms with Crippen LogP contribution in [-0.4, -0.2) is 59.3 Å². The molecule has 2 saturated heterocycles. The Balaban J connectivity index is 1.34. The second-order valence-corrected chi connectivity index (χ2v) is 11.1. The van der Waals surface area contributed by atoms with Gasteiger partial charge in [-0.2, -0.15) is 0 Å². The zero-order valence-electron chi connectivity index (χ0n) is 21.9. The maximum Gasteiger partial charge on any atom is 0.325 e. The topological polar surface area (TPSA) is 108 Å². The van der Waals surface area contributed by atoms with E-state index in [1.165, 1.54) is 0 Å². The van der Waals surface area contributed by atoms with Gasteiger partial charge < -0.3 is 20.3 Å². The number of likely N-dealkylation sites (tertiary alicyclic amines) is 1. The minimum Gasteiger partial charge on any atom is -0.484 e. The Bertz CT molecular complexity index is 1390. The molecule has 5 rings (SSSR count). The highest BCUT2D eigenvalue weighted by atomic mass is 127. The number of anilines is 1. The summed E-state index contributed by atoms with van der Waals surface area (Å²) in [6.07, 6.45) is 1.01. The molecular formula is C30H29IN4O5. The second-order valence-electron chi connectivity index (χ2n) is 9.82. The van der Waals surface area contributed by atoms with Crippen molar-refractivity contribution in [3.8, 4) is 5.75 Å². The van der Waals surface area contributed by atoms with Gasteiger partial charge >= 0.3 is 6.03 Å². The van der Waals surface area contributed by atoms with E-state index in [9.17, 15) is 19.2 Å². The number of imide groups is 1. The third-order valence-corrected chi connectivity index (χ3v) is 7.93. The zero-order valence-corrected chi connectivity index (χ0v) is 24.0. The zero-order chi connectivity index (χ0) is 28.2. The Labute approximate surface area is 246 Å². The number of benzene rings is 3. The lowest BCUT2D eigenvalue weighted by atomic mass is 9.91. The van der Waals surface area contributed by atoms with E-state index in [4.69, 9.17) is 4.74 Å². The van der Waals surface area contributed by atoms with Crippen molar-refractivity contribution < 1.29 is 23.9 Å². The first-order chi connectivity index (χ1) is 19.3. The molecule has 206 valence electrons. The summed E-state index contributed by atoms with van der Waals surface area (Å²) in [5.41, 5.74) is 1.94. The van der Waals surface area contributed by atoms with Gasteiger partial charge in [0.05, 0.1) is 0 Å². The molecule has 3 atom stereocenters. The van der Waals surface area contributed by atoms with E-state index >= 15 is 0 Å². The van der Waals surface area contributed by atoms with Crippen LogP contribution in [-0.2, 0) is 14.4 Å². The highest BCUT2D eigenvalue weighted by Crippen LogP contribution is 2.31. The second kappa shape index (κ2) is 12.1. The fourth-order valence-electron chi connectivity index (χ4n) is 4.80. The maximum absolute atomic E-state index is 13.7. The fraction of sp³-hybridized carbons (Fsp3) is 0.267. The molecule has 0 aliphatic carbocycles. The van der Waals surface area contributed by atoms with Gasteiger partial charge in [0.2, 0.25) is 5.91 Å². The number of halogens is 1. The van der Waals surface area contributed by atoms with Crippen molar-refractivity contribution in [1.82, 2.24) is 15.1 Å². The lowest BCUT2D eigenvalue weighted by Gasteiger charge is -2.30. The third-order valence-electron chi connectivity index (χ3n) is 7.21. The van der Waals surface area contributed by atoms with Crippen molar-refractivity contribution in [2.75, 3.05) is 25.0 Å². The van der Waals surface area contributed by atoms with Crippen LogP contribution in [0.15, 0.2) is 78.9 Å². The van der Waals surface area contributed by atoms with Crippen molar-refractivity contribution in [2.45, 2.75) is 31.3 Å². The van der Waals surface area contributed by atoms with E-state index in [0.29, 0.717) is 17.0 Å². The molecule has 10 heteroatoms. The van der Waals surface area contributed by atoms with Gasteiger partial charge in [0, 0.05) is 28.3 Å². The van der Waals surface area contributed by atoms with E-state index in [2.05, 4.69) is 33.2 Å². The Kier molecular flexibility index (Phi) is 8.34. The predicted molar refractivity (Wildman–Crippen MR) is 158 cm³/mol. The number of carbonyl (C=O) groups excluding carboxylic acids is 4. The lowest BCUT2D eigenvalue weighted by Crippen LogP contribution is -2.50. The van der Waals surface area contributed by atoms with Crippen LogP contribution >= 0.6 is 22.6 Å². The van der Waals surface area contributed by atoms with Crippen molar-refractivity contribution >= 4 is 52.0 Å². The molecule has 40 heavy (non-hydrogen) atoms. The Morgan fingerprint density at radius 3 is 2.30 bits per heavy atom. The summed E-state index contributed by atoms with van der Waals surface area (Å²) < 4.78 is 6.61. The Morgan fingerprint density at radius 2 is 1.68 bits per heavy atom. The number of urea groups is 1. The van der Waals surface area contributed by atoms with E-state index < -0.39 is 35.8 Å². The summed E-state index contributed by atoms with van der Waals surface area (Å²) >= 11 is 2.18. The molecule has 0 bridgehead atoms. The summed E-state index contributed by atoms with van der Waals surface area (Å²) in [4.78, 5) is 55.4. The maximum atomic E-state index is 13.7. The van der Waals surface area contributed by atoms with Gasteiger partial charge in [0.1, 0.15) is 17.8 Å². The predicted octanol–water partition coefficient (Wildman–Crippen LogP) is 4.31. The molecule has 1 unspecified atom stereocenters. The summed E-state index contributed by atoms with van der Waals surface area (Å²) in [6, 6.07) is 20.6. The van der Waals surface area contributed by atoms with Crippen molar-refractivity contribution in [3.63, 3.8) is 0 Å². The van der Waals surface area contributed by atoms with Crippen LogP contribution in [0.2, 0.25) is 0 Å². The molecule has 0 aromatic heterocycles. The first kappa shape index (κ1) is 27.6. The molecule has 0 radical (unpaired) electrons. The molecule has 3 aromatic carbocycles. The van der Waals surface area contributed by atoms with Gasteiger partial charge in [-0.1, -0.05) is 49.4 Å². The summed E-state index contributed by atoms with van der Waals surface area (Å²) in [6.45, 7) is 3.29. The standard InChI is InChI=1S/C30H29IN4O5/c1-19(20-6-3-2-4-7-20)27(28(37)32-23-12-10-22(31)11-13-23)35-29(38)26(33-30(35)39)21-8-14-24(15-9-21)40-18-25(36)34-16-5-17-34/h2-4,6-15,19,26-27H,5,16-18H2,1H3,(H,32,37)(H,33,39)/t19-,26?,27-/m0/s1. The monoisotopic (exact) mass is 652 g/mol. The van der Waals surface area contributed by atoms with Gasteiger partial charge in [-0.3, -0.25) is 14.4 Å². The smallest absolute Gasteiger partial charge is 0.325 e. The lowest BCUT2D eigenvalue weighted by molar-refractivity contribution is -0.136. The van der Waals surface area contributed by atoms with Crippen LogP contribution in [0, 0.1) is 3.57 Å². The minimum atomic E-state index is -1.09. The SMILES string of the molecule is C[C@@H](c1ccccc1)[C@@H](C(=O)Nc1ccc(I)cc1)N1C(=O)NC(c2ccc(OCC(=O)N3CCC3)cc2)C1=O. The first-order valence-corrected chi connectivity index (χ1v) is 14.1. The Hall–Kier alpha value is -3.93. The van der Waals surface area contributed by atoms with E-state index in [-0.39, 0.29) is 12.5 Å². The molecular weight excluding hydrogens is 623 g/mol. The quantitative estimate of drug-likeness (QED) is 0.265. The molecule has 2 aliphatic heterocycles. The average Bonchev–Trinajstić information content (AvgIpc) is 3.22. The van der Waals surface area contributed by atoms with Gasteiger partial charge in [-0.15, -0.1) is 0 Å². The number of ether oxygens (including phenoxy) is 1. The highest BCUT2D eigenvalue weighted by Gasteiger charge is 2.47. The molecule has 2 N–H and O–H groups in total. The van der Waals surface area contributed by atoms with Crippen molar-refractivity contribution in [3.05, 3.63) is 93.6 Å². The molecule has 5 amide bonds. The van der Waals surface area contributed by atoms with Crippen molar-refractivity contribution in [1.29, 1.82) is 0 Å². The molecule has 0 spiro atoms. The van der Waals surface area contributed by atoms with E-state index in [1.807, 2.05) is 49.4 Å². The number of amides is 5. The number of hydrogen-bond acceptors (Lipinski definition) is 5. The van der Waals surface area contributed by atoms with E-state index in [1.54, 1.807) is 41.3 Å². The summed E-state index contributed by atoms with van der Waals surface area (Å²) in [5, 5.41) is 5.61. The van der Waals surface area contributed by atoms with Crippen LogP contribution in [0.5, 0.6) is 5.75 Å². The van der Waals surface area contributed by atoms with Crippen LogP contribution in [0.3, 0.4) is 0 Å². The van der Waals surface area contributed by atoms with Gasteiger partial charge in [-0.05, 0) is 76.5 Å². The van der Waals surface area contributed by atoms with Gasteiger partial charge in [0.25, 0.3) is 11.8 Å². The molecule has 2 fully saturated rings. The van der Waals surface area contributed by atoms with Crippen LogP contribution in [0.1, 0.15) is 36.4 Å². The number of nitrogens with zero attached hydrogens (tertiary/aromatic N) is 2. The molecule has 2 aliphatic rings. The average molecular weight is 652 g/mol. The third kappa shape index (κ3) is 5.96. The fourth-order valence-corrected chi connectivity index (χ4v) is 5.16. The molecule has 3 aromatic rings. The summed E-state index contributed by atoms with van der Waals surface area (Å²) in [7, 11) is 0. The summed E-state index contributed by atoms with van der Waals surface area (Å²) in [5.74, 6) is -1.03. The molecule has 9 nitrogen and oxygen atoms in total. The first-order valence-electron chi connectivity index (χ1n) is 13.1. The number of nitrogens with one attached hydrogen (secondary N) is 2. The van der Waals surface area contributed by atoms with E-state index in [0.717, 1.165) is 33.5 Å². The van der Waals surface area contributed by atoms with Crippen LogP contribution < -0.4 is 15.4 Å². The number of hydrogen-bond donors (Lipinski definition) is 2. The molecule has 0 saturated carbocycles. The number of carbonyl (C=O) groups is 4.